The molecule has 1 aromatic carbocycles. The van der Waals surface area contributed by atoms with Gasteiger partial charge in [-0.2, -0.15) is 0 Å². The van der Waals surface area contributed by atoms with Gasteiger partial charge in [-0.05, 0) is 24.1 Å². The molecule has 5 heteroatoms. The molecule has 0 aliphatic rings. The maximum Gasteiger partial charge on any atom is 0.123 e. The van der Waals surface area contributed by atoms with Crippen LogP contribution < -0.4 is 11.3 Å². The Morgan fingerprint density at radius 2 is 2.00 bits per heavy atom. The molecule has 4 nitrogen and oxygen atoms in total. The lowest BCUT2D eigenvalue weighted by molar-refractivity contribution is 0.0587. The number of nitrogens with one attached hydrogen (secondary N) is 1. The predicted molar refractivity (Wildman–Crippen MR) is 63.9 cm³/mol. The van der Waals surface area contributed by atoms with E-state index >= 15 is 0 Å². The Hall–Kier alpha value is -1.01. The van der Waals surface area contributed by atoms with Gasteiger partial charge in [0.1, 0.15) is 5.82 Å². The molecule has 0 fully saturated rings. The van der Waals surface area contributed by atoms with E-state index in [1.807, 2.05) is 0 Å². The van der Waals surface area contributed by atoms with Crippen molar-refractivity contribution >= 4 is 0 Å². The lowest BCUT2D eigenvalue weighted by Gasteiger charge is -2.16. The van der Waals surface area contributed by atoms with Crippen molar-refractivity contribution < 1.29 is 13.9 Å². The summed E-state index contributed by atoms with van der Waals surface area (Å²) in [5, 5.41) is 0. The van der Waals surface area contributed by atoms with Gasteiger partial charge in [0.2, 0.25) is 0 Å². The zero-order chi connectivity index (χ0) is 12.5. The third kappa shape index (κ3) is 5.74. The van der Waals surface area contributed by atoms with Crippen molar-refractivity contribution in [2.45, 2.75) is 12.5 Å². The molecule has 1 aromatic rings. The summed E-state index contributed by atoms with van der Waals surface area (Å²) in [5.74, 6) is 5.20. The average molecular weight is 242 g/mol. The lowest BCUT2D eigenvalue weighted by atomic mass is 10.1. The second-order valence-electron chi connectivity index (χ2n) is 3.76. The summed E-state index contributed by atoms with van der Waals surface area (Å²) in [5.41, 5.74) is 3.70. The largest absolute Gasteiger partial charge is 0.382 e. The minimum Gasteiger partial charge on any atom is -0.382 e. The monoisotopic (exact) mass is 242 g/mol. The van der Waals surface area contributed by atoms with Gasteiger partial charge >= 0.3 is 0 Å². The van der Waals surface area contributed by atoms with Crippen molar-refractivity contribution in [3.05, 3.63) is 35.6 Å². The van der Waals surface area contributed by atoms with E-state index in [0.717, 1.165) is 5.56 Å². The molecule has 96 valence electrons. The number of halogens is 1. The smallest absolute Gasteiger partial charge is 0.123 e. The summed E-state index contributed by atoms with van der Waals surface area (Å²) < 4.78 is 23.0. The third-order valence-corrected chi connectivity index (χ3v) is 2.38. The van der Waals surface area contributed by atoms with Gasteiger partial charge < -0.3 is 9.47 Å². The van der Waals surface area contributed by atoms with Crippen LogP contribution in [0.5, 0.6) is 0 Å². The first-order chi connectivity index (χ1) is 8.26. The molecule has 17 heavy (non-hydrogen) atoms. The molecule has 1 unspecified atom stereocenters. The van der Waals surface area contributed by atoms with Crippen molar-refractivity contribution in [1.82, 2.24) is 5.43 Å². The number of benzene rings is 1. The van der Waals surface area contributed by atoms with Crippen LogP contribution in [0, 0.1) is 5.82 Å². The molecule has 0 saturated heterocycles. The molecule has 0 bridgehead atoms. The number of methoxy groups -OCH3 is 1. The standard InChI is InChI=1S/C12H19FN2O2/c1-16-6-7-17-9-12(15-14)8-10-2-4-11(13)5-3-10/h2-5,12,15H,6-9,14H2,1H3. The summed E-state index contributed by atoms with van der Waals surface area (Å²) in [7, 11) is 1.63. The van der Waals surface area contributed by atoms with Crippen LogP contribution >= 0.6 is 0 Å². The minimum absolute atomic E-state index is 0.0114. The first-order valence-corrected chi connectivity index (χ1v) is 5.53. The van der Waals surface area contributed by atoms with E-state index in [9.17, 15) is 4.39 Å². The highest BCUT2D eigenvalue weighted by Crippen LogP contribution is 2.05. The fraction of sp³-hybridized carbons (Fsp3) is 0.500. The summed E-state index contributed by atoms with van der Waals surface area (Å²) in [6, 6.07) is 6.38. The van der Waals surface area contributed by atoms with Gasteiger partial charge in [0.05, 0.1) is 19.8 Å². The van der Waals surface area contributed by atoms with Crippen LogP contribution in [-0.4, -0.2) is 33.0 Å². The number of ether oxygens (including phenoxy) is 2. The van der Waals surface area contributed by atoms with Gasteiger partial charge in [-0.25, -0.2) is 4.39 Å². The number of rotatable bonds is 8. The van der Waals surface area contributed by atoms with E-state index in [1.54, 1.807) is 19.2 Å². The normalized spacial score (nSPS) is 12.6. The fourth-order valence-corrected chi connectivity index (χ4v) is 1.44. The second-order valence-corrected chi connectivity index (χ2v) is 3.76. The number of hydrogen-bond acceptors (Lipinski definition) is 4. The molecule has 0 aliphatic heterocycles. The summed E-state index contributed by atoms with van der Waals surface area (Å²) in [6.45, 7) is 1.60. The Kier molecular flexibility index (Phi) is 6.73. The van der Waals surface area contributed by atoms with Gasteiger partial charge in [0, 0.05) is 13.2 Å². The van der Waals surface area contributed by atoms with E-state index in [0.29, 0.717) is 26.2 Å². The number of hydrogen-bond donors (Lipinski definition) is 2. The molecule has 1 atom stereocenters. The Balaban J connectivity index is 2.33. The first kappa shape index (κ1) is 14.1. The maximum absolute atomic E-state index is 12.7. The lowest BCUT2D eigenvalue weighted by Crippen LogP contribution is -2.40. The number of nitrogens with two attached hydrogens (primary N) is 1. The minimum atomic E-state index is -0.234. The summed E-state index contributed by atoms with van der Waals surface area (Å²) in [4.78, 5) is 0. The van der Waals surface area contributed by atoms with Crippen LogP contribution in [-0.2, 0) is 15.9 Å². The molecule has 0 heterocycles. The average Bonchev–Trinajstić information content (AvgIpc) is 2.35. The van der Waals surface area contributed by atoms with E-state index in [1.165, 1.54) is 12.1 Å². The third-order valence-electron chi connectivity index (χ3n) is 2.38. The highest BCUT2D eigenvalue weighted by atomic mass is 19.1. The molecule has 0 saturated carbocycles. The highest BCUT2D eigenvalue weighted by molar-refractivity contribution is 5.17. The van der Waals surface area contributed by atoms with Gasteiger partial charge in [-0.1, -0.05) is 12.1 Å². The van der Waals surface area contributed by atoms with Gasteiger partial charge in [0.15, 0.2) is 0 Å². The molecule has 1 rings (SSSR count). The van der Waals surface area contributed by atoms with E-state index in [4.69, 9.17) is 15.3 Å². The molecular formula is C12H19FN2O2. The fourth-order valence-electron chi connectivity index (χ4n) is 1.44. The molecule has 0 spiro atoms. The van der Waals surface area contributed by atoms with E-state index in [2.05, 4.69) is 5.43 Å². The Morgan fingerprint density at radius 3 is 2.59 bits per heavy atom. The second kappa shape index (κ2) is 8.14. The predicted octanol–water partition coefficient (Wildman–Crippen LogP) is 0.863. The quantitative estimate of drug-likeness (QED) is 0.403. The van der Waals surface area contributed by atoms with Crippen molar-refractivity contribution in [2.24, 2.45) is 5.84 Å². The van der Waals surface area contributed by atoms with Crippen LogP contribution in [0.2, 0.25) is 0 Å². The molecule has 0 aromatic heterocycles. The number of hydrazine groups is 1. The maximum atomic E-state index is 12.7. The first-order valence-electron chi connectivity index (χ1n) is 5.53. The zero-order valence-corrected chi connectivity index (χ0v) is 9.99. The van der Waals surface area contributed by atoms with Crippen LogP contribution in [0.3, 0.4) is 0 Å². The van der Waals surface area contributed by atoms with Crippen LogP contribution in [0.15, 0.2) is 24.3 Å². The molecule has 3 N–H and O–H groups in total. The van der Waals surface area contributed by atoms with Gasteiger partial charge in [-0.3, -0.25) is 11.3 Å². The van der Waals surface area contributed by atoms with E-state index < -0.39 is 0 Å². The van der Waals surface area contributed by atoms with Crippen molar-refractivity contribution in [3.63, 3.8) is 0 Å². The SMILES string of the molecule is COCCOCC(Cc1ccc(F)cc1)NN. The van der Waals surface area contributed by atoms with Crippen LogP contribution in [0.25, 0.3) is 0 Å². The summed E-state index contributed by atoms with van der Waals surface area (Å²) >= 11 is 0. The summed E-state index contributed by atoms with van der Waals surface area (Å²) in [6.07, 6.45) is 0.698. The van der Waals surface area contributed by atoms with Crippen LogP contribution in [0.1, 0.15) is 5.56 Å². The van der Waals surface area contributed by atoms with Crippen LogP contribution in [0.4, 0.5) is 4.39 Å². The molecule has 0 amide bonds. The Labute approximate surface area is 101 Å². The van der Waals surface area contributed by atoms with Gasteiger partial charge in [0.25, 0.3) is 0 Å². The van der Waals surface area contributed by atoms with Crippen molar-refractivity contribution in [3.8, 4) is 0 Å². The topological polar surface area (TPSA) is 56.5 Å². The Morgan fingerprint density at radius 1 is 1.29 bits per heavy atom. The van der Waals surface area contributed by atoms with Gasteiger partial charge in [-0.15, -0.1) is 0 Å². The van der Waals surface area contributed by atoms with Crippen molar-refractivity contribution in [1.29, 1.82) is 0 Å². The Bertz CT molecular complexity index is 306. The highest BCUT2D eigenvalue weighted by Gasteiger charge is 2.07. The zero-order valence-electron chi connectivity index (χ0n) is 9.99. The molecule has 0 radical (unpaired) electrons. The van der Waals surface area contributed by atoms with Crippen molar-refractivity contribution in [2.75, 3.05) is 26.9 Å². The van der Waals surface area contributed by atoms with E-state index in [-0.39, 0.29) is 11.9 Å². The molecule has 0 aliphatic carbocycles. The molecular weight excluding hydrogens is 223 g/mol.